The lowest BCUT2D eigenvalue weighted by atomic mass is 10.0. The van der Waals surface area contributed by atoms with Gasteiger partial charge in [-0.05, 0) is 13.3 Å². The Morgan fingerprint density at radius 3 is 2.80 bits per heavy atom. The molecule has 3 nitrogen and oxygen atoms in total. The van der Waals surface area contributed by atoms with Gasteiger partial charge in [-0.25, -0.2) is 0 Å². The van der Waals surface area contributed by atoms with Crippen molar-refractivity contribution in [1.82, 2.24) is 0 Å². The van der Waals surface area contributed by atoms with Gasteiger partial charge in [-0.15, -0.1) is 0 Å². The molecule has 1 unspecified atom stereocenters. The minimum absolute atomic E-state index is 0.0683. The number of hydrogen-bond donors (Lipinski definition) is 2. The largest absolute Gasteiger partial charge is 0.393 e. The zero-order valence-corrected chi connectivity index (χ0v) is 6.29. The van der Waals surface area contributed by atoms with E-state index in [1.165, 1.54) is 0 Å². The van der Waals surface area contributed by atoms with E-state index >= 15 is 0 Å². The standard InChI is InChI=1S/C7H15NO2/c1-5-2-6(9)3-7(4-8)10-5/h5-7,9H,2-4,8H2,1H3/t5-,6?,7-/m0/s1. The molecule has 0 aliphatic carbocycles. The molecular formula is C7H15NO2. The van der Waals surface area contributed by atoms with E-state index in [2.05, 4.69) is 0 Å². The number of nitrogens with two attached hydrogens (primary N) is 1. The summed E-state index contributed by atoms with van der Waals surface area (Å²) in [5, 5.41) is 9.25. The van der Waals surface area contributed by atoms with Gasteiger partial charge in [0, 0.05) is 13.0 Å². The first-order valence-electron chi connectivity index (χ1n) is 3.76. The van der Waals surface area contributed by atoms with Crippen molar-refractivity contribution in [1.29, 1.82) is 0 Å². The first-order valence-corrected chi connectivity index (χ1v) is 3.76. The normalized spacial score (nSPS) is 41.7. The highest BCUT2D eigenvalue weighted by Gasteiger charge is 2.24. The van der Waals surface area contributed by atoms with E-state index < -0.39 is 0 Å². The summed E-state index contributed by atoms with van der Waals surface area (Å²) >= 11 is 0. The third-order valence-corrected chi connectivity index (χ3v) is 1.83. The topological polar surface area (TPSA) is 55.5 Å². The van der Waals surface area contributed by atoms with E-state index in [-0.39, 0.29) is 18.3 Å². The van der Waals surface area contributed by atoms with Crippen molar-refractivity contribution in [3.05, 3.63) is 0 Å². The van der Waals surface area contributed by atoms with Crippen molar-refractivity contribution in [2.24, 2.45) is 5.73 Å². The van der Waals surface area contributed by atoms with Gasteiger partial charge >= 0.3 is 0 Å². The average molecular weight is 145 g/mol. The minimum Gasteiger partial charge on any atom is -0.393 e. The molecule has 3 atom stereocenters. The third kappa shape index (κ3) is 1.94. The first-order chi connectivity index (χ1) is 4.72. The zero-order chi connectivity index (χ0) is 7.56. The highest BCUT2D eigenvalue weighted by Crippen LogP contribution is 2.17. The van der Waals surface area contributed by atoms with Crippen LogP contribution in [0.25, 0.3) is 0 Å². The molecule has 0 bridgehead atoms. The van der Waals surface area contributed by atoms with Gasteiger partial charge in [0.1, 0.15) is 0 Å². The molecule has 1 aliphatic heterocycles. The van der Waals surface area contributed by atoms with Gasteiger partial charge in [-0.1, -0.05) is 0 Å². The Labute approximate surface area is 61.2 Å². The molecular weight excluding hydrogens is 130 g/mol. The Balaban J connectivity index is 2.35. The molecule has 0 radical (unpaired) electrons. The summed E-state index contributed by atoms with van der Waals surface area (Å²) < 4.78 is 5.42. The third-order valence-electron chi connectivity index (χ3n) is 1.83. The number of aliphatic hydroxyl groups is 1. The highest BCUT2D eigenvalue weighted by atomic mass is 16.5. The van der Waals surface area contributed by atoms with Crippen LogP contribution >= 0.6 is 0 Å². The number of hydrogen-bond acceptors (Lipinski definition) is 3. The van der Waals surface area contributed by atoms with Crippen LogP contribution in [0.15, 0.2) is 0 Å². The summed E-state index contributed by atoms with van der Waals surface area (Å²) in [5.41, 5.74) is 5.39. The summed E-state index contributed by atoms with van der Waals surface area (Å²) in [4.78, 5) is 0. The van der Waals surface area contributed by atoms with Gasteiger partial charge in [0.25, 0.3) is 0 Å². The molecule has 10 heavy (non-hydrogen) atoms. The summed E-state index contributed by atoms with van der Waals surface area (Å²) in [7, 11) is 0. The van der Waals surface area contributed by atoms with Gasteiger partial charge in [0.2, 0.25) is 0 Å². The molecule has 1 rings (SSSR count). The summed E-state index contributed by atoms with van der Waals surface area (Å²) in [6, 6.07) is 0. The van der Waals surface area contributed by atoms with Gasteiger partial charge in [0.15, 0.2) is 0 Å². The summed E-state index contributed by atoms with van der Waals surface area (Å²) in [6.07, 6.45) is 1.46. The molecule has 3 N–H and O–H groups in total. The SMILES string of the molecule is C[C@H]1CC(O)C[C@@H](CN)O1. The lowest BCUT2D eigenvalue weighted by molar-refractivity contribution is -0.0829. The molecule has 0 spiro atoms. The summed E-state index contributed by atoms with van der Waals surface area (Å²) in [6.45, 7) is 2.48. The van der Waals surface area contributed by atoms with E-state index in [1.54, 1.807) is 0 Å². The number of rotatable bonds is 1. The highest BCUT2D eigenvalue weighted by molar-refractivity contribution is 4.74. The Hall–Kier alpha value is -0.120. The monoisotopic (exact) mass is 145 g/mol. The summed E-state index contributed by atoms with van der Waals surface area (Å²) in [5.74, 6) is 0. The van der Waals surface area contributed by atoms with Gasteiger partial charge in [-0.3, -0.25) is 0 Å². The fourth-order valence-corrected chi connectivity index (χ4v) is 1.37. The molecule has 1 fully saturated rings. The van der Waals surface area contributed by atoms with Crippen LogP contribution in [0, 0.1) is 0 Å². The fraction of sp³-hybridized carbons (Fsp3) is 1.00. The van der Waals surface area contributed by atoms with Crippen LogP contribution in [0.5, 0.6) is 0 Å². The predicted octanol–water partition coefficient (Wildman–Crippen LogP) is -0.126. The Kier molecular flexibility index (Phi) is 2.65. The van der Waals surface area contributed by atoms with Crippen molar-refractivity contribution >= 4 is 0 Å². The van der Waals surface area contributed by atoms with Crippen molar-refractivity contribution in [2.75, 3.05) is 6.54 Å². The van der Waals surface area contributed by atoms with Crippen molar-refractivity contribution in [3.8, 4) is 0 Å². The van der Waals surface area contributed by atoms with Gasteiger partial charge < -0.3 is 15.6 Å². The van der Waals surface area contributed by atoms with Gasteiger partial charge in [-0.2, -0.15) is 0 Å². The maximum atomic E-state index is 9.25. The van der Waals surface area contributed by atoms with Crippen LogP contribution in [-0.4, -0.2) is 30.0 Å². The zero-order valence-electron chi connectivity index (χ0n) is 6.29. The van der Waals surface area contributed by atoms with E-state index in [1.807, 2.05) is 6.92 Å². The fourth-order valence-electron chi connectivity index (χ4n) is 1.37. The second kappa shape index (κ2) is 3.32. The van der Waals surface area contributed by atoms with Crippen LogP contribution in [0.2, 0.25) is 0 Å². The molecule has 0 aromatic rings. The van der Waals surface area contributed by atoms with E-state index in [9.17, 15) is 5.11 Å². The first kappa shape index (κ1) is 7.98. The van der Waals surface area contributed by atoms with Crippen molar-refractivity contribution < 1.29 is 9.84 Å². The van der Waals surface area contributed by atoms with Crippen molar-refractivity contribution in [2.45, 2.75) is 38.1 Å². The molecule has 1 aliphatic rings. The minimum atomic E-state index is -0.211. The Bertz CT molecular complexity index is 97.8. The van der Waals surface area contributed by atoms with E-state index in [0.717, 1.165) is 6.42 Å². The molecule has 1 heterocycles. The number of ether oxygens (including phenoxy) is 1. The van der Waals surface area contributed by atoms with Crippen LogP contribution in [0.3, 0.4) is 0 Å². The smallest absolute Gasteiger partial charge is 0.0725 e. The maximum absolute atomic E-state index is 9.25. The Morgan fingerprint density at radius 2 is 2.30 bits per heavy atom. The average Bonchev–Trinajstić information content (AvgIpc) is 1.85. The van der Waals surface area contributed by atoms with Crippen molar-refractivity contribution in [3.63, 3.8) is 0 Å². The van der Waals surface area contributed by atoms with E-state index in [0.29, 0.717) is 13.0 Å². The quantitative estimate of drug-likeness (QED) is 0.540. The van der Waals surface area contributed by atoms with Crippen LogP contribution in [0.4, 0.5) is 0 Å². The van der Waals surface area contributed by atoms with Crippen LogP contribution < -0.4 is 5.73 Å². The lowest BCUT2D eigenvalue weighted by Crippen LogP contribution is -2.38. The molecule has 3 heteroatoms. The van der Waals surface area contributed by atoms with Gasteiger partial charge in [0.05, 0.1) is 18.3 Å². The molecule has 0 amide bonds. The second-order valence-corrected chi connectivity index (χ2v) is 2.93. The molecule has 1 saturated heterocycles. The molecule has 0 aromatic carbocycles. The van der Waals surface area contributed by atoms with Crippen LogP contribution in [0.1, 0.15) is 19.8 Å². The van der Waals surface area contributed by atoms with E-state index in [4.69, 9.17) is 10.5 Å². The molecule has 0 aromatic heterocycles. The predicted molar refractivity (Wildman–Crippen MR) is 38.6 cm³/mol. The molecule has 60 valence electrons. The van der Waals surface area contributed by atoms with Crippen LogP contribution in [-0.2, 0) is 4.74 Å². The number of aliphatic hydroxyl groups excluding tert-OH is 1. The molecule has 0 saturated carbocycles. The second-order valence-electron chi connectivity index (χ2n) is 2.93. The maximum Gasteiger partial charge on any atom is 0.0725 e. The Morgan fingerprint density at radius 1 is 1.60 bits per heavy atom. The lowest BCUT2D eigenvalue weighted by Gasteiger charge is -2.30.